The number of nitrogens with one attached hydrogen (secondary N) is 2. The quantitative estimate of drug-likeness (QED) is 0.293. The average molecular weight is 523 g/mol. The van der Waals surface area contributed by atoms with E-state index in [0.717, 1.165) is 51.5 Å². The maximum absolute atomic E-state index is 6.04. The Morgan fingerprint density at radius 3 is 2.50 bits per heavy atom. The number of hydrogen-bond donors (Lipinski definition) is 2. The van der Waals surface area contributed by atoms with E-state index < -0.39 is 0 Å². The second kappa shape index (κ2) is 14.4. The van der Waals surface area contributed by atoms with E-state index in [0.29, 0.717) is 19.3 Å². The van der Waals surface area contributed by atoms with Gasteiger partial charge >= 0.3 is 0 Å². The number of ether oxygens (including phenoxy) is 2. The maximum Gasteiger partial charge on any atom is 0.191 e. The molecular formula is C24H34IN3O2. The van der Waals surface area contributed by atoms with Crippen LogP contribution in [0.5, 0.6) is 0 Å². The van der Waals surface area contributed by atoms with Crippen LogP contribution < -0.4 is 10.6 Å². The van der Waals surface area contributed by atoms with Gasteiger partial charge in [0.25, 0.3) is 0 Å². The van der Waals surface area contributed by atoms with Gasteiger partial charge in [-0.25, -0.2) is 4.99 Å². The molecule has 30 heavy (non-hydrogen) atoms. The van der Waals surface area contributed by atoms with Crippen LogP contribution >= 0.6 is 24.0 Å². The van der Waals surface area contributed by atoms with Crippen LogP contribution in [0.3, 0.4) is 0 Å². The lowest BCUT2D eigenvalue weighted by atomic mass is 10.1. The first-order valence-electron chi connectivity index (χ1n) is 10.7. The van der Waals surface area contributed by atoms with Gasteiger partial charge in [-0.05, 0) is 42.9 Å². The van der Waals surface area contributed by atoms with Crippen molar-refractivity contribution in [2.75, 3.05) is 26.3 Å². The molecule has 0 aliphatic carbocycles. The molecule has 164 valence electrons. The highest BCUT2D eigenvalue weighted by Gasteiger charge is 2.14. The molecule has 0 unspecified atom stereocenters. The molecular weight excluding hydrogens is 489 g/mol. The van der Waals surface area contributed by atoms with E-state index in [4.69, 9.17) is 14.5 Å². The molecule has 0 spiro atoms. The molecule has 0 radical (unpaired) electrons. The first-order valence-corrected chi connectivity index (χ1v) is 10.7. The molecule has 1 aliphatic heterocycles. The lowest BCUT2D eigenvalue weighted by Crippen LogP contribution is -2.38. The van der Waals surface area contributed by atoms with Crippen LogP contribution in [-0.2, 0) is 29.0 Å². The van der Waals surface area contributed by atoms with Crippen LogP contribution in [0.15, 0.2) is 59.6 Å². The van der Waals surface area contributed by atoms with Crippen molar-refractivity contribution in [3.8, 4) is 0 Å². The van der Waals surface area contributed by atoms with Gasteiger partial charge in [0.1, 0.15) is 0 Å². The van der Waals surface area contributed by atoms with Gasteiger partial charge in [0.15, 0.2) is 5.96 Å². The van der Waals surface area contributed by atoms with E-state index in [-0.39, 0.29) is 24.0 Å². The highest BCUT2D eigenvalue weighted by atomic mass is 127. The standard InChI is InChI=1S/C24H33N3O2.HI/c1-2-25-24(26-14-11-20-7-4-3-5-8-20)27-18-21-9-6-10-22(17-21)19-29-23-12-15-28-16-13-23;/h3-10,17,23H,2,11-16,18-19H2,1H3,(H2,25,26,27);1H. The van der Waals surface area contributed by atoms with Crippen molar-refractivity contribution >= 4 is 29.9 Å². The third-order valence-corrected chi connectivity index (χ3v) is 4.96. The van der Waals surface area contributed by atoms with Crippen LogP contribution in [-0.4, -0.2) is 38.4 Å². The van der Waals surface area contributed by atoms with Crippen molar-refractivity contribution in [2.45, 2.75) is 45.4 Å². The SMILES string of the molecule is CCNC(=NCc1cccc(COC2CCOCC2)c1)NCCc1ccccc1.I. The van der Waals surface area contributed by atoms with Crippen LogP contribution in [0.2, 0.25) is 0 Å². The molecule has 1 saturated heterocycles. The molecule has 1 aliphatic rings. The lowest BCUT2D eigenvalue weighted by Gasteiger charge is -2.22. The topological polar surface area (TPSA) is 54.9 Å². The normalized spacial score (nSPS) is 14.8. The Morgan fingerprint density at radius 2 is 1.73 bits per heavy atom. The number of rotatable bonds is 9. The third kappa shape index (κ3) is 9.02. The van der Waals surface area contributed by atoms with Gasteiger partial charge in [-0.1, -0.05) is 54.6 Å². The lowest BCUT2D eigenvalue weighted by molar-refractivity contribution is -0.0390. The zero-order valence-corrected chi connectivity index (χ0v) is 20.1. The van der Waals surface area contributed by atoms with Crippen LogP contribution in [0.4, 0.5) is 0 Å². The second-order valence-electron chi connectivity index (χ2n) is 7.30. The molecule has 0 amide bonds. The summed E-state index contributed by atoms with van der Waals surface area (Å²) in [4.78, 5) is 4.74. The predicted octanol–water partition coefficient (Wildman–Crippen LogP) is 4.30. The number of nitrogens with zero attached hydrogens (tertiary/aromatic N) is 1. The number of hydrogen-bond acceptors (Lipinski definition) is 3. The number of aliphatic imine (C=N–C) groups is 1. The molecule has 6 heteroatoms. The van der Waals surface area contributed by atoms with Gasteiger partial charge in [-0.2, -0.15) is 0 Å². The van der Waals surface area contributed by atoms with Gasteiger partial charge in [0.05, 0.1) is 19.3 Å². The van der Waals surface area contributed by atoms with E-state index in [2.05, 4.69) is 66.1 Å². The summed E-state index contributed by atoms with van der Waals surface area (Å²) in [6.07, 6.45) is 3.28. The smallest absolute Gasteiger partial charge is 0.191 e. The number of halogens is 1. The van der Waals surface area contributed by atoms with E-state index >= 15 is 0 Å². The Balaban J connectivity index is 0.00000320. The Labute approximate surface area is 197 Å². The molecule has 0 atom stereocenters. The molecule has 0 saturated carbocycles. The molecule has 2 aromatic carbocycles. The molecule has 2 N–H and O–H groups in total. The van der Waals surface area contributed by atoms with Gasteiger partial charge in [0, 0.05) is 26.3 Å². The summed E-state index contributed by atoms with van der Waals surface area (Å²) in [5.74, 6) is 0.854. The van der Waals surface area contributed by atoms with Gasteiger partial charge in [0.2, 0.25) is 0 Å². The first-order chi connectivity index (χ1) is 14.3. The third-order valence-electron chi connectivity index (χ3n) is 4.96. The van der Waals surface area contributed by atoms with Crippen molar-refractivity contribution < 1.29 is 9.47 Å². The molecule has 1 fully saturated rings. The van der Waals surface area contributed by atoms with Crippen molar-refractivity contribution in [1.29, 1.82) is 0 Å². The molecule has 0 bridgehead atoms. The fourth-order valence-electron chi connectivity index (χ4n) is 3.36. The fraction of sp³-hybridized carbons (Fsp3) is 0.458. The van der Waals surface area contributed by atoms with Crippen molar-refractivity contribution in [3.05, 3.63) is 71.3 Å². The Hall–Kier alpha value is -1.64. The molecule has 1 heterocycles. The van der Waals surface area contributed by atoms with E-state index in [1.807, 2.05) is 6.07 Å². The number of benzene rings is 2. The monoisotopic (exact) mass is 523 g/mol. The van der Waals surface area contributed by atoms with Crippen LogP contribution in [0.1, 0.15) is 36.5 Å². The van der Waals surface area contributed by atoms with E-state index in [1.165, 1.54) is 16.7 Å². The summed E-state index contributed by atoms with van der Waals surface area (Å²) in [7, 11) is 0. The zero-order chi connectivity index (χ0) is 20.2. The van der Waals surface area contributed by atoms with Crippen molar-refractivity contribution in [3.63, 3.8) is 0 Å². The van der Waals surface area contributed by atoms with Crippen molar-refractivity contribution in [1.82, 2.24) is 10.6 Å². The second-order valence-corrected chi connectivity index (χ2v) is 7.30. The highest BCUT2D eigenvalue weighted by Crippen LogP contribution is 2.14. The predicted molar refractivity (Wildman–Crippen MR) is 133 cm³/mol. The summed E-state index contributed by atoms with van der Waals surface area (Å²) in [5, 5.41) is 6.75. The summed E-state index contributed by atoms with van der Waals surface area (Å²) in [6.45, 7) is 6.70. The zero-order valence-electron chi connectivity index (χ0n) is 17.8. The summed E-state index contributed by atoms with van der Waals surface area (Å²) in [5.41, 5.74) is 3.72. The minimum Gasteiger partial charge on any atom is -0.381 e. The van der Waals surface area contributed by atoms with Crippen LogP contribution in [0.25, 0.3) is 0 Å². The van der Waals surface area contributed by atoms with Crippen LogP contribution in [0, 0.1) is 0 Å². The maximum atomic E-state index is 6.04. The molecule has 5 nitrogen and oxygen atoms in total. The first kappa shape index (κ1) is 24.6. The highest BCUT2D eigenvalue weighted by molar-refractivity contribution is 14.0. The van der Waals surface area contributed by atoms with Gasteiger partial charge in [-0.15, -0.1) is 24.0 Å². The van der Waals surface area contributed by atoms with Gasteiger partial charge in [-0.3, -0.25) is 0 Å². The minimum absolute atomic E-state index is 0. The summed E-state index contributed by atoms with van der Waals surface area (Å²) in [6, 6.07) is 19.0. The van der Waals surface area contributed by atoms with Crippen molar-refractivity contribution in [2.24, 2.45) is 4.99 Å². The molecule has 2 aromatic rings. The Bertz CT molecular complexity index is 749. The summed E-state index contributed by atoms with van der Waals surface area (Å²) < 4.78 is 11.4. The Morgan fingerprint density at radius 1 is 1.00 bits per heavy atom. The summed E-state index contributed by atoms with van der Waals surface area (Å²) >= 11 is 0. The molecule has 3 rings (SSSR count). The van der Waals surface area contributed by atoms with E-state index in [1.54, 1.807) is 0 Å². The largest absolute Gasteiger partial charge is 0.381 e. The average Bonchev–Trinajstić information content (AvgIpc) is 2.78. The van der Waals surface area contributed by atoms with Gasteiger partial charge < -0.3 is 20.1 Å². The number of guanidine groups is 1. The van der Waals surface area contributed by atoms with E-state index in [9.17, 15) is 0 Å². The Kier molecular flexibility index (Phi) is 11.8. The minimum atomic E-state index is 0. The fourth-order valence-corrected chi connectivity index (χ4v) is 3.36. The molecule has 0 aromatic heterocycles.